The number of ether oxygens (including phenoxy) is 1. The second-order valence-corrected chi connectivity index (χ2v) is 10.2. The summed E-state index contributed by atoms with van der Waals surface area (Å²) in [5, 5.41) is 0. The third-order valence-electron chi connectivity index (χ3n) is 5.61. The summed E-state index contributed by atoms with van der Waals surface area (Å²) in [5.41, 5.74) is 2.61. The van der Waals surface area contributed by atoms with Crippen LogP contribution in [0.3, 0.4) is 0 Å². The molecule has 0 spiro atoms. The third kappa shape index (κ3) is 4.16. The standard InChI is InChI=1S/C27H24O4S/c1-27(2)18-16-24(32(29,30)22-13-7-4-8-14-22)23-15-9-12-20(25(23)27)17-19-31-26(28)21-10-5-3-6-11-21/h3-17,19H,18H2,1-2H3. The Morgan fingerprint density at radius 2 is 1.56 bits per heavy atom. The van der Waals surface area contributed by atoms with E-state index >= 15 is 0 Å². The number of rotatable bonds is 5. The minimum atomic E-state index is -3.66. The zero-order valence-corrected chi connectivity index (χ0v) is 18.8. The number of hydrogen-bond donors (Lipinski definition) is 0. The summed E-state index contributed by atoms with van der Waals surface area (Å²) in [6.45, 7) is 4.17. The van der Waals surface area contributed by atoms with Crippen LogP contribution < -0.4 is 0 Å². The van der Waals surface area contributed by atoms with Crippen LogP contribution in [-0.2, 0) is 20.0 Å². The van der Waals surface area contributed by atoms with Crippen molar-refractivity contribution in [2.24, 2.45) is 0 Å². The molecule has 0 saturated carbocycles. The molecule has 3 aromatic rings. The summed E-state index contributed by atoms with van der Waals surface area (Å²) in [5.74, 6) is -0.446. The molecule has 0 atom stereocenters. The van der Waals surface area contributed by atoms with Crippen LogP contribution in [0.2, 0.25) is 0 Å². The number of sulfone groups is 1. The molecule has 3 aromatic carbocycles. The molecule has 0 aromatic heterocycles. The summed E-state index contributed by atoms with van der Waals surface area (Å²) < 4.78 is 32.1. The molecule has 5 heteroatoms. The lowest BCUT2D eigenvalue weighted by atomic mass is 9.73. The van der Waals surface area contributed by atoms with Crippen molar-refractivity contribution in [1.29, 1.82) is 0 Å². The molecule has 0 heterocycles. The minimum absolute atomic E-state index is 0.273. The smallest absolute Gasteiger partial charge is 0.342 e. The molecule has 4 rings (SSSR count). The summed E-state index contributed by atoms with van der Waals surface area (Å²) in [4.78, 5) is 12.8. The van der Waals surface area contributed by atoms with Crippen molar-refractivity contribution < 1.29 is 17.9 Å². The van der Waals surface area contributed by atoms with Gasteiger partial charge in [-0.3, -0.25) is 0 Å². The van der Waals surface area contributed by atoms with E-state index in [-0.39, 0.29) is 10.3 Å². The van der Waals surface area contributed by atoms with E-state index in [1.165, 1.54) is 6.26 Å². The highest BCUT2D eigenvalue weighted by atomic mass is 32.2. The fraction of sp³-hybridized carbons (Fsp3) is 0.148. The van der Waals surface area contributed by atoms with Crippen LogP contribution in [0.15, 0.2) is 96.1 Å². The third-order valence-corrected chi connectivity index (χ3v) is 7.47. The molecule has 32 heavy (non-hydrogen) atoms. The highest BCUT2D eigenvalue weighted by Gasteiger charge is 2.35. The van der Waals surface area contributed by atoms with Crippen LogP contribution in [-0.4, -0.2) is 14.4 Å². The molecule has 162 valence electrons. The first-order chi connectivity index (χ1) is 15.3. The van der Waals surface area contributed by atoms with E-state index in [1.807, 2.05) is 30.3 Å². The SMILES string of the molecule is CC1(C)CC=C(S(=O)(=O)c2ccccc2)c2cccc(C=COC(=O)c3ccccc3)c21. The van der Waals surface area contributed by atoms with Crippen LogP contribution in [0.4, 0.5) is 0 Å². The van der Waals surface area contributed by atoms with Gasteiger partial charge in [-0.15, -0.1) is 0 Å². The molecule has 0 radical (unpaired) electrons. The van der Waals surface area contributed by atoms with Gasteiger partial charge in [-0.1, -0.05) is 74.5 Å². The molecule has 0 aliphatic heterocycles. The van der Waals surface area contributed by atoms with E-state index in [1.54, 1.807) is 60.7 Å². The molecule has 0 saturated heterocycles. The van der Waals surface area contributed by atoms with E-state index in [0.29, 0.717) is 22.5 Å². The predicted molar refractivity (Wildman–Crippen MR) is 127 cm³/mol. The van der Waals surface area contributed by atoms with Gasteiger partial charge >= 0.3 is 5.97 Å². The average Bonchev–Trinajstić information content (AvgIpc) is 2.80. The van der Waals surface area contributed by atoms with Crippen molar-refractivity contribution in [2.45, 2.75) is 30.6 Å². The Morgan fingerprint density at radius 1 is 0.906 bits per heavy atom. The first-order valence-electron chi connectivity index (χ1n) is 10.4. The molecule has 0 bridgehead atoms. The summed E-state index contributed by atoms with van der Waals surface area (Å²) in [6.07, 6.45) is 5.48. The Balaban J connectivity index is 1.70. The first kappa shape index (κ1) is 21.8. The highest BCUT2D eigenvalue weighted by molar-refractivity contribution is 8.00. The van der Waals surface area contributed by atoms with Gasteiger partial charge in [0.2, 0.25) is 9.84 Å². The maximum Gasteiger partial charge on any atom is 0.342 e. The van der Waals surface area contributed by atoms with Gasteiger partial charge in [0, 0.05) is 0 Å². The largest absolute Gasteiger partial charge is 0.431 e. The van der Waals surface area contributed by atoms with E-state index in [4.69, 9.17) is 4.74 Å². The van der Waals surface area contributed by atoms with Gasteiger partial charge in [0.1, 0.15) is 0 Å². The van der Waals surface area contributed by atoms with Crippen LogP contribution in [0.25, 0.3) is 11.0 Å². The van der Waals surface area contributed by atoms with Gasteiger partial charge in [-0.05, 0) is 58.9 Å². The second-order valence-electron chi connectivity index (χ2n) is 8.32. The van der Waals surface area contributed by atoms with Crippen LogP contribution in [0.5, 0.6) is 0 Å². The predicted octanol–water partition coefficient (Wildman–Crippen LogP) is 6.01. The number of carbonyl (C=O) groups is 1. The van der Waals surface area contributed by atoms with Crippen molar-refractivity contribution in [3.63, 3.8) is 0 Å². The molecule has 1 aliphatic rings. The minimum Gasteiger partial charge on any atom is -0.431 e. The van der Waals surface area contributed by atoms with Crippen molar-refractivity contribution in [3.05, 3.63) is 113 Å². The Labute approximate surface area is 188 Å². The molecule has 0 N–H and O–H groups in total. The molecule has 0 amide bonds. The van der Waals surface area contributed by atoms with Gasteiger partial charge in [0.15, 0.2) is 0 Å². The summed E-state index contributed by atoms with van der Waals surface area (Å²) in [7, 11) is -3.66. The molecule has 0 unspecified atom stereocenters. The molecule has 4 nitrogen and oxygen atoms in total. The van der Waals surface area contributed by atoms with Gasteiger partial charge in [0.05, 0.1) is 21.6 Å². The first-order valence-corrected chi connectivity index (χ1v) is 11.9. The highest BCUT2D eigenvalue weighted by Crippen LogP contribution is 2.44. The lowest BCUT2D eigenvalue weighted by Gasteiger charge is -2.33. The maximum atomic E-state index is 13.4. The van der Waals surface area contributed by atoms with Crippen molar-refractivity contribution in [1.82, 2.24) is 0 Å². The zero-order valence-electron chi connectivity index (χ0n) is 18.0. The fourth-order valence-electron chi connectivity index (χ4n) is 4.02. The molecular weight excluding hydrogens is 420 g/mol. The lowest BCUT2D eigenvalue weighted by molar-refractivity contribution is 0.0665. The van der Waals surface area contributed by atoms with Gasteiger partial charge in [-0.2, -0.15) is 0 Å². The maximum absolute atomic E-state index is 13.4. The quantitative estimate of drug-likeness (QED) is 0.357. The molecule has 1 aliphatic carbocycles. The topological polar surface area (TPSA) is 60.4 Å². The number of esters is 1. The van der Waals surface area contributed by atoms with Gasteiger partial charge < -0.3 is 4.74 Å². The number of fused-ring (bicyclic) bond motifs is 1. The zero-order chi connectivity index (χ0) is 22.8. The Hall–Kier alpha value is -3.44. The normalized spacial score (nSPS) is 15.1. The number of hydrogen-bond acceptors (Lipinski definition) is 4. The van der Waals surface area contributed by atoms with Crippen molar-refractivity contribution in [2.75, 3.05) is 0 Å². The van der Waals surface area contributed by atoms with Gasteiger partial charge in [-0.25, -0.2) is 13.2 Å². The number of carbonyl (C=O) groups excluding carboxylic acids is 1. The van der Waals surface area contributed by atoms with Crippen molar-refractivity contribution in [3.8, 4) is 0 Å². The second kappa shape index (κ2) is 8.60. The number of allylic oxidation sites excluding steroid dienone is 1. The Morgan fingerprint density at radius 3 is 2.25 bits per heavy atom. The Bertz CT molecular complexity index is 1300. The lowest BCUT2D eigenvalue weighted by Crippen LogP contribution is -2.25. The van der Waals surface area contributed by atoms with E-state index in [9.17, 15) is 13.2 Å². The summed E-state index contributed by atoms with van der Waals surface area (Å²) in [6, 6.07) is 22.8. The number of benzene rings is 3. The van der Waals surface area contributed by atoms with Crippen LogP contribution in [0, 0.1) is 0 Å². The van der Waals surface area contributed by atoms with Crippen molar-refractivity contribution >= 4 is 26.8 Å². The Kier molecular flexibility index (Phi) is 5.85. The van der Waals surface area contributed by atoms with E-state index < -0.39 is 15.8 Å². The molecule has 0 fully saturated rings. The summed E-state index contributed by atoms with van der Waals surface area (Å²) >= 11 is 0. The van der Waals surface area contributed by atoms with Crippen LogP contribution >= 0.6 is 0 Å². The van der Waals surface area contributed by atoms with Gasteiger partial charge in [0.25, 0.3) is 0 Å². The fourth-order valence-corrected chi connectivity index (χ4v) is 5.55. The van der Waals surface area contributed by atoms with Crippen LogP contribution in [0.1, 0.15) is 47.3 Å². The monoisotopic (exact) mass is 444 g/mol. The van der Waals surface area contributed by atoms with E-state index in [0.717, 1.165) is 11.1 Å². The molecular formula is C27H24O4S. The van der Waals surface area contributed by atoms with E-state index in [2.05, 4.69) is 13.8 Å². The average molecular weight is 445 g/mol.